The van der Waals surface area contributed by atoms with Crippen molar-refractivity contribution in [3.63, 3.8) is 0 Å². The SMILES string of the molecule is Cc1cccc(NC(=O)CSc2nnc3n(Cc4ccco4)c(=O)c4sccc4n23)c1C. The minimum absolute atomic E-state index is 0.133. The van der Waals surface area contributed by atoms with Gasteiger partial charge in [-0.1, -0.05) is 23.9 Å². The zero-order chi connectivity index (χ0) is 22.2. The van der Waals surface area contributed by atoms with Crippen LogP contribution in [0.1, 0.15) is 16.9 Å². The van der Waals surface area contributed by atoms with Gasteiger partial charge >= 0.3 is 0 Å². The predicted molar refractivity (Wildman–Crippen MR) is 126 cm³/mol. The van der Waals surface area contributed by atoms with Crippen LogP contribution in [-0.2, 0) is 11.3 Å². The molecular weight excluding hydrogens is 446 g/mol. The summed E-state index contributed by atoms with van der Waals surface area (Å²) in [6, 6.07) is 11.3. The average molecular weight is 466 g/mol. The molecule has 1 amide bonds. The summed E-state index contributed by atoms with van der Waals surface area (Å²) in [6.45, 7) is 4.24. The number of amides is 1. The third-order valence-electron chi connectivity index (χ3n) is 5.29. The van der Waals surface area contributed by atoms with Crippen LogP contribution in [0.2, 0.25) is 0 Å². The summed E-state index contributed by atoms with van der Waals surface area (Å²) >= 11 is 2.65. The Morgan fingerprint density at radius 2 is 2.06 bits per heavy atom. The van der Waals surface area contributed by atoms with Gasteiger partial charge in [0.2, 0.25) is 11.7 Å². The monoisotopic (exact) mass is 465 g/mol. The number of furan rings is 1. The van der Waals surface area contributed by atoms with E-state index in [-0.39, 0.29) is 23.8 Å². The van der Waals surface area contributed by atoms with Gasteiger partial charge in [-0.2, -0.15) is 0 Å². The maximum Gasteiger partial charge on any atom is 0.273 e. The largest absolute Gasteiger partial charge is 0.467 e. The molecule has 0 radical (unpaired) electrons. The number of benzene rings is 1. The van der Waals surface area contributed by atoms with Crippen molar-refractivity contribution in [2.45, 2.75) is 25.5 Å². The van der Waals surface area contributed by atoms with Crippen LogP contribution in [0.25, 0.3) is 16.0 Å². The van der Waals surface area contributed by atoms with Gasteiger partial charge in [0, 0.05) is 5.69 Å². The summed E-state index contributed by atoms with van der Waals surface area (Å²) in [5.41, 5.74) is 3.55. The number of aromatic nitrogens is 4. The molecule has 0 fully saturated rings. The molecule has 4 aromatic heterocycles. The van der Waals surface area contributed by atoms with Crippen molar-refractivity contribution in [1.29, 1.82) is 0 Å². The minimum Gasteiger partial charge on any atom is -0.467 e. The van der Waals surface area contributed by atoms with E-state index in [2.05, 4.69) is 15.5 Å². The molecule has 1 aromatic carbocycles. The van der Waals surface area contributed by atoms with Gasteiger partial charge in [-0.3, -0.25) is 18.6 Å². The molecule has 0 atom stereocenters. The van der Waals surface area contributed by atoms with Crippen LogP contribution in [0.15, 0.2) is 62.4 Å². The molecule has 1 N–H and O–H groups in total. The van der Waals surface area contributed by atoms with E-state index in [0.717, 1.165) is 22.3 Å². The van der Waals surface area contributed by atoms with E-state index >= 15 is 0 Å². The van der Waals surface area contributed by atoms with E-state index in [4.69, 9.17) is 4.42 Å². The van der Waals surface area contributed by atoms with Crippen LogP contribution in [-0.4, -0.2) is 30.8 Å². The van der Waals surface area contributed by atoms with Gasteiger partial charge < -0.3 is 9.73 Å². The van der Waals surface area contributed by atoms with Gasteiger partial charge in [0.05, 0.1) is 24.1 Å². The molecule has 5 rings (SSSR count). The van der Waals surface area contributed by atoms with E-state index in [9.17, 15) is 9.59 Å². The molecule has 162 valence electrons. The highest BCUT2D eigenvalue weighted by atomic mass is 32.2. The Hall–Kier alpha value is -3.37. The summed E-state index contributed by atoms with van der Waals surface area (Å²) in [5, 5.41) is 13.9. The number of hydrogen-bond acceptors (Lipinski definition) is 7. The van der Waals surface area contributed by atoms with Crippen molar-refractivity contribution in [2.75, 3.05) is 11.1 Å². The second-order valence-electron chi connectivity index (χ2n) is 7.31. The summed E-state index contributed by atoms with van der Waals surface area (Å²) < 4.78 is 9.40. The molecule has 5 aromatic rings. The highest BCUT2D eigenvalue weighted by molar-refractivity contribution is 7.99. The molecule has 4 heterocycles. The molecule has 0 unspecified atom stereocenters. The Balaban J connectivity index is 1.46. The Morgan fingerprint density at radius 3 is 2.88 bits per heavy atom. The molecule has 10 heteroatoms. The van der Waals surface area contributed by atoms with Crippen molar-refractivity contribution in [1.82, 2.24) is 19.2 Å². The van der Waals surface area contributed by atoms with Gasteiger partial charge in [0.25, 0.3) is 5.56 Å². The molecule has 0 spiro atoms. The van der Waals surface area contributed by atoms with Crippen LogP contribution in [0.5, 0.6) is 0 Å². The Labute approximate surface area is 190 Å². The lowest BCUT2D eigenvalue weighted by Gasteiger charge is -2.10. The molecule has 0 aliphatic carbocycles. The summed E-state index contributed by atoms with van der Waals surface area (Å²) in [6.07, 6.45) is 1.57. The second-order valence-corrected chi connectivity index (χ2v) is 9.17. The lowest BCUT2D eigenvalue weighted by Crippen LogP contribution is -2.23. The van der Waals surface area contributed by atoms with Crippen LogP contribution in [0, 0.1) is 13.8 Å². The zero-order valence-electron chi connectivity index (χ0n) is 17.4. The Kier molecular flexibility index (Phi) is 5.32. The molecule has 0 saturated carbocycles. The number of carbonyl (C=O) groups is 1. The quantitative estimate of drug-likeness (QED) is 0.380. The fraction of sp³-hybridized carbons (Fsp3) is 0.182. The molecule has 8 nitrogen and oxygen atoms in total. The van der Waals surface area contributed by atoms with Gasteiger partial charge in [-0.15, -0.1) is 21.5 Å². The average Bonchev–Trinajstić information content (AvgIpc) is 3.53. The first-order valence-electron chi connectivity index (χ1n) is 9.89. The van der Waals surface area contributed by atoms with Crippen LogP contribution >= 0.6 is 23.1 Å². The summed E-state index contributed by atoms with van der Waals surface area (Å²) in [4.78, 5) is 25.6. The number of fused-ring (bicyclic) bond motifs is 3. The molecule has 0 saturated heterocycles. The number of anilines is 1. The van der Waals surface area contributed by atoms with E-state index in [1.165, 1.54) is 23.1 Å². The highest BCUT2D eigenvalue weighted by Gasteiger charge is 2.19. The van der Waals surface area contributed by atoms with Gasteiger partial charge in [-0.25, -0.2) is 0 Å². The standard InChI is InChI=1S/C22H19N5O3S2/c1-13-5-3-7-16(14(13)2)23-18(28)12-32-22-25-24-21-26(11-15-6-4-9-30-15)20(29)19-17(27(21)22)8-10-31-19/h3-10H,11-12H2,1-2H3,(H,23,28). The zero-order valence-corrected chi connectivity index (χ0v) is 19.0. The minimum atomic E-state index is -0.143. The molecule has 0 bridgehead atoms. The van der Waals surface area contributed by atoms with Gasteiger partial charge in [0.1, 0.15) is 10.5 Å². The first-order chi connectivity index (χ1) is 15.5. The first-order valence-corrected chi connectivity index (χ1v) is 11.8. The van der Waals surface area contributed by atoms with E-state index in [1.54, 1.807) is 16.9 Å². The third-order valence-corrected chi connectivity index (χ3v) is 7.11. The van der Waals surface area contributed by atoms with Gasteiger partial charge in [-0.05, 0) is 54.6 Å². The maximum atomic E-state index is 13.0. The number of rotatable bonds is 6. The smallest absolute Gasteiger partial charge is 0.273 e. The van der Waals surface area contributed by atoms with Crippen molar-refractivity contribution in [3.8, 4) is 0 Å². The number of carbonyl (C=O) groups excluding carboxylic acids is 1. The van der Waals surface area contributed by atoms with Crippen molar-refractivity contribution in [3.05, 3.63) is 75.3 Å². The summed E-state index contributed by atoms with van der Waals surface area (Å²) in [5.74, 6) is 1.09. The highest BCUT2D eigenvalue weighted by Crippen LogP contribution is 2.25. The number of thioether (sulfide) groups is 1. The van der Waals surface area contributed by atoms with Crippen LogP contribution in [0.4, 0.5) is 5.69 Å². The fourth-order valence-corrected chi connectivity index (χ4v) is 5.06. The number of nitrogens with zero attached hydrogens (tertiary/aromatic N) is 4. The Bertz CT molecular complexity index is 1500. The third kappa shape index (κ3) is 3.61. The van der Waals surface area contributed by atoms with Crippen molar-refractivity contribution < 1.29 is 9.21 Å². The lowest BCUT2D eigenvalue weighted by atomic mass is 10.1. The number of thiophene rings is 1. The predicted octanol–water partition coefficient (Wildman–Crippen LogP) is 4.09. The second kappa shape index (κ2) is 8.29. The summed E-state index contributed by atoms with van der Waals surface area (Å²) in [7, 11) is 0. The van der Waals surface area contributed by atoms with Crippen LogP contribution in [0.3, 0.4) is 0 Å². The number of aryl methyl sites for hydroxylation is 1. The normalized spacial score (nSPS) is 11.4. The molecular formula is C22H19N5O3S2. The Morgan fingerprint density at radius 1 is 1.19 bits per heavy atom. The van der Waals surface area contributed by atoms with Crippen molar-refractivity contribution >= 4 is 50.7 Å². The molecule has 0 aliphatic heterocycles. The number of nitrogens with one attached hydrogen (secondary N) is 1. The van der Waals surface area contributed by atoms with E-state index in [1.807, 2.05) is 54.0 Å². The van der Waals surface area contributed by atoms with Gasteiger partial charge in [0.15, 0.2) is 5.16 Å². The molecule has 32 heavy (non-hydrogen) atoms. The number of hydrogen-bond donors (Lipinski definition) is 1. The van der Waals surface area contributed by atoms with Crippen molar-refractivity contribution in [2.24, 2.45) is 0 Å². The van der Waals surface area contributed by atoms with E-state index < -0.39 is 0 Å². The fourth-order valence-electron chi connectivity index (χ4n) is 3.50. The first kappa shape index (κ1) is 20.5. The lowest BCUT2D eigenvalue weighted by molar-refractivity contribution is -0.113. The maximum absolute atomic E-state index is 13.0. The topological polar surface area (TPSA) is 94.4 Å². The van der Waals surface area contributed by atoms with Crippen LogP contribution < -0.4 is 10.9 Å². The van der Waals surface area contributed by atoms with E-state index in [0.29, 0.717) is 21.4 Å². The molecule has 0 aliphatic rings.